The van der Waals surface area contributed by atoms with Gasteiger partial charge in [-0.25, -0.2) is 0 Å². The van der Waals surface area contributed by atoms with Crippen molar-refractivity contribution >= 4 is 5.69 Å². The van der Waals surface area contributed by atoms with E-state index >= 15 is 0 Å². The van der Waals surface area contributed by atoms with Gasteiger partial charge >= 0.3 is 0 Å². The maximum atomic E-state index is 11.9. The summed E-state index contributed by atoms with van der Waals surface area (Å²) in [5.41, 5.74) is 7.85. The van der Waals surface area contributed by atoms with Crippen LogP contribution in [-0.4, -0.2) is 21.9 Å². The predicted molar refractivity (Wildman–Crippen MR) is 103 cm³/mol. The molecule has 0 radical (unpaired) electrons. The Hall–Kier alpha value is -4.52. The van der Waals surface area contributed by atoms with Gasteiger partial charge in [0.1, 0.15) is 11.6 Å². The monoisotopic (exact) mass is 403 g/mol. The second-order valence-electron chi connectivity index (χ2n) is 6.63. The highest BCUT2D eigenvalue weighted by Crippen LogP contribution is 2.50. The van der Waals surface area contributed by atoms with E-state index in [9.17, 15) is 15.4 Å². The highest BCUT2D eigenvalue weighted by atomic mass is 16.7. The van der Waals surface area contributed by atoms with Crippen molar-refractivity contribution in [2.24, 2.45) is 5.73 Å². The van der Waals surface area contributed by atoms with Crippen molar-refractivity contribution in [3.63, 3.8) is 0 Å². The number of aromatic nitrogens is 2. The Kier molecular flexibility index (Phi) is 3.82. The van der Waals surface area contributed by atoms with Crippen molar-refractivity contribution < 1.29 is 19.1 Å². The third kappa shape index (κ3) is 2.53. The number of nitrogens with one attached hydrogen (secondary N) is 1. The molecule has 0 aliphatic carbocycles. The Bertz CT molecular complexity index is 1260. The maximum Gasteiger partial charge on any atom is 0.277 e. The van der Waals surface area contributed by atoms with Gasteiger partial charge in [0.05, 0.1) is 28.2 Å². The zero-order valence-corrected chi connectivity index (χ0v) is 15.3. The number of nitrogens with two attached hydrogens (primary N) is 1. The summed E-state index contributed by atoms with van der Waals surface area (Å²) in [6.07, 6.45) is 0. The second kappa shape index (κ2) is 6.52. The van der Waals surface area contributed by atoms with E-state index in [2.05, 4.69) is 10.2 Å². The van der Waals surface area contributed by atoms with Gasteiger partial charge in [0.2, 0.25) is 18.6 Å². The first-order valence-corrected chi connectivity index (χ1v) is 8.87. The first-order chi connectivity index (χ1) is 14.6. The fourth-order valence-corrected chi connectivity index (χ4v) is 3.72. The number of ether oxygens (including phenoxy) is 3. The fraction of sp³-hybridized carbons (Fsp3) is 0.100. The van der Waals surface area contributed by atoms with E-state index in [1.54, 1.807) is 0 Å². The molecule has 1 aromatic heterocycles. The summed E-state index contributed by atoms with van der Waals surface area (Å²) in [7, 11) is 0. The predicted octanol–water partition coefficient (Wildman–Crippen LogP) is 2.93. The summed E-state index contributed by atoms with van der Waals surface area (Å²) in [4.78, 5) is 11.3. The number of aromatic amines is 1. The summed E-state index contributed by atoms with van der Waals surface area (Å²) in [5, 5.41) is 28.8. The van der Waals surface area contributed by atoms with Crippen LogP contribution < -0.4 is 19.9 Å². The zero-order chi connectivity index (χ0) is 20.8. The summed E-state index contributed by atoms with van der Waals surface area (Å²) in [6.45, 7) is -0.0426. The number of hydrogen-bond donors (Lipinski definition) is 2. The van der Waals surface area contributed by atoms with Crippen LogP contribution in [0.25, 0.3) is 11.3 Å². The molecule has 2 aliphatic rings. The lowest BCUT2D eigenvalue weighted by molar-refractivity contribution is -0.385. The number of nitrogens with zero attached hydrogens (tertiary/aromatic N) is 3. The zero-order valence-electron chi connectivity index (χ0n) is 15.3. The van der Waals surface area contributed by atoms with Crippen LogP contribution in [0.4, 0.5) is 5.69 Å². The minimum atomic E-state index is -0.886. The number of rotatable bonds is 3. The Balaban J connectivity index is 1.80. The van der Waals surface area contributed by atoms with E-state index in [4.69, 9.17) is 19.9 Å². The van der Waals surface area contributed by atoms with E-state index in [0.29, 0.717) is 17.0 Å². The molecule has 3 heterocycles. The van der Waals surface area contributed by atoms with Crippen molar-refractivity contribution in [3.8, 4) is 34.7 Å². The van der Waals surface area contributed by atoms with Gasteiger partial charge in [-0.2, -0.15) is 5.26 Å². The molecule has 3 aromatic rings. The molecule has 3 N–H and O–H groups in total. The van der Waals surface area contributed by atoms with E-state index in [0.717, 1.165) is 5.56 Å². The van der Waals surface area contributed by atoms with E-state index in [1.165, 1.54) is 12.1 Å². The highest BCUT2D eigenvalue weighted by molar-refractivity contribution is 5.73. The highest BCUT2D eigenvalue weighted by Gasteiger charge is 2.40. The van der Waals surface area contributed by atoms with Crippen LogP contribution in [0.15, 0.2) is 53.9 Å². The van der Waals surface area contributed by atoms with Crippen LogP contribution in [-0.2, 0) is 0 Å². The van der Waals surface area contributed by atoms with Gasteiger partial charge < -0.3 is 19.9 Å². The molecule has 2 aliphatic heterocycles. The lowest BCUT2D eigenvalue weighted by Gasteiger charge is -2.24. The number of fused-ring (bicyclic) bond motifs is 2. The molecule has 1 unspecified atom stereocenters. The molecule has 0 saturated carbocycles. The molecule has 0 bridgehead atoms. The van der Waals surface area contributed by atoms with E-state index in [-0.39, 0.29) is 41.1 Å². The van der Waals surface area contributed by atoms with Crippen molar-refractivity contribution in [1.82, 2.24) is 10.2 Å². The molecule has 1 atom stereocenters. The topological polar surface area (TPSA) is 149 Å². The Labute approximate surface area is 169 Å². The number of hydrogen-bond acceptors (Lipinski definition) is 8. The van der Waals surface area contributed by atoms with Crippen LogP contribution in [0.3, 0.4) is 0 Å². The van der Waals surface area contributed by atoms with Crippen molar-refractivity contribution in [1.29, 1.82) is 5.26 Å². The summed E-state index contributed by atoms with van der Waals surface area (Å²) < 4.78 is 16.2. The molecule has 5 rings (SSSR count). The van der Waals surface area contributed by atoms with Crippen LogP contribution in [0.5, 0.6) is 17.4 Å². The van der Waals surface area contributed by atoms with E-state index < -0.39 is 10.8 Å². The molecular weight excluding hydrogens is 390 g/mol. The molecule has 0 amide bonds. The average molecular weight is 403 g/mol. The van der Waals surface area contributed by atoms with Crippen LogP contribution in [0, 0.1) is 21.4 Å². The quantitative estimate of drug-likeness (QED) is 0.501. The average Bonchev–Trinajstić information content (AvgIpc) is 3.38. The van der Waals surface area contributed by atoms with E-state index in [1.807, 2.05) is 36.4 Å². The molecule has 0 fully saturated rings. The molecular formula is C20H13N5O5. The third-order valence-corrected chi connectivity index (χ3v) is 5.03. The number of benzene rings is 2. The Morgan fingerprint density at radius 3 is 2.67 bits per heavy atom. The molecule has 0 spiro atoms. The SMILES string of the molecule is N#CC1=C(N)Oc2n[nH]c(-c3ccccc3)c2C1c1cc2c(cc1[N+](=O)[O-])OCO2. The molecule has 10 heteroatoms. The van der Waals surface area contributed by atoms with Gasteiger partial charge in [-0.05, 0) is 11.6 Å². The normalized spacial score (nSPS) is 16.6. The van der Waals surface area contributed by atoms with Crippen LogP contribution in [0.1, 0.15) is 17.0 Å². The van der Waals surface area contributed by atoms with Crippen molar-refractivity contribution in [3.05, 3.63) is 75.2 Å². The number of nitro benzene ring substituents is 1. The summed E-state index contributed by atoms with van der Waals surface area (Å²) >= 11 is 0. The fourth-order valence-electron chi connectivity index (χ4n) is 3.72. The summed E-state index contributed by atoms with van der Waals surface area (Å²) in [6, 6.07) is 14.1. The lowest BCUT2D eigenvalue weighted by atomic mass is 9.82. The van der Waals surface area contributed by atoms with Crippen molar-refractivity contribution in [2.75, 3.05) is 6.79 Å². The van der Waals surface area contributed by atoms with Crippen LogP contribution >= 0.6 is 0 Å². The molecule has 2 aromatic carbocycles. The number of H-pyrrole nitrogens is 1. The lowest BCUT2D eigenvalue weighted by Crippen LogP contribution is -2.21. The number of allylic oxidation sites excluding steroid dienone is 1. The molecule has 10 nitrogen and oxygen atoms in total. The second-order valence-corrected chi connectivity index (χ2v) is 6.63. The minimum absolute atomic E-state index is 0.0426. The Morgan fingerprint density at radius 2 is 1.97 bits per heavy atom. The van der Waals surface area contributed by atoms with Crippen LogP contribution in [0.2, 0.25) is 0 Å². The Morgan fingerprint density at radius 1 is 1.23 bits per heavy atom. The molecule has 0 saturated heterocycles. The molecule has 30 heavy (non-hydrogen) atoms. The number of nitriles is 1. The standard InChI is InChI=1S/C20H13N5O5/c21-8-12-16(11-6-14-15(29-9-28-14)7-13(11)25(26)27)17-18(10-4-2-1-3-5-10)23-24-20(17)30-19(12)22/h1-7,16H,9,22H2,(H,23,24). The first kappa shape index (κ1) is 17.6. The van der Waals surface area contributed by atoms with Gasteiger partial charge in [0.25, 0.3) is 5.69 Å². The van der Waals surface area contributed by atoms with Gasteiger partial charge in [-0.15, -0.1) is 5.10 Å². The van der Waals surface area contributed by atoms with Gasteiger partial charge in [0, 0.05) is 5.56 Å². The first-order valence-electron chi connectivity index (χ1n) is 8.87. The van der Waals surface area contributed by atoms with Gasteiger partial charge in [-0.1, -0.05) is 30.3 Å². The minimum Gasteiger partial charge on any atom is -0.454 e. The maximum absolute atomic E-state index is 11.9. The number of nitro groups is 1. The summed E-state index contributed by atoms with van der Waals surface area (Å²) in [5.74, 6) is -0.272. The molecule has 148 valence electrons. The van der Waals surface area contributed by atoms with Gasteiger partial charge in [0.15, 0.2) is 11.5 Å². The smallest absolute Gasteiger partial charge is 0.277 e. The van der Waals surface area contributed by atoms with Crippen molar-refractivity contribution in [2.45, 2.75) is 5.92 Å². The largest absolute Gasteiger partial charge is 0.454 e. The third-order valence-electron chi connectivity index (χ3n) is 5.03. The van der Waals surface area contributed by atoms with Gasteiger partial charge in [-0.3, -0.25) is 15.2 Å².